The number of rotatable bonds is 3. The third-order valence-electron chi connectivity index (χ3n) is 4.85. The maximum Gasteiger partial charge on any atom is 0.254 e. The first-order valence-electron chi connectivity index (χ1n) is 8.54. The zero-order valence-corrected chi connectivity index (χ0v) is 14.9. The van der Waals surface area contributed by atoms with Gasteiger partial charge in [-0.2, -0.15) is 0 Å². The van der Waals surface area contributed by atoms with Crippen LogP contribution in [0, 0.1) is 0 Å². The Bertz CT molecular complexity index is 967. The van der Waals surface area contributed by atoms with Gasteiger partial charge in [0, 0.05) is 29.7 Å². The minimum atomic E-state index is 0.0386. The molecule has 2 aromatic carbocycles. The number of carbonyl (C=O) groups is 1. The maximum absolute atomic E-state index is 13.3. The van der Waals surface area contributed by atoms with E-state index in [4.69, 9.17) is 16.6 Å². The minimum absolute atomic E-state index is 0.0386. The predicted octanol–water partition coefficient (Wildman–Crippen LogP) is 4.65. The zero-order chi connectivity index (χ0) is 17.4. The molecule has 4 heteroatoms. The molecule has 25 heavy (non-hydrogen) atoms. The standard InChI is InChI=1S/C21H19ClN2O/c1-24(13-14-7-2-4-10-17(14)22)21(25)20-15-8-3-5-11-18(15)23-19-12-6-9-16(19)20/h2-5,7-8,10-11H,6,9,12-13H2,1H3. The van der Waals surface area contributed by atoms with E-state index in [1.807, 2.05) is 55.6 Å². The number of hydrogen-bond acceptors (Lipinski definition) is 2. The van der Waals surface area contributed by atoms with E-state index in [1.54, 1.807) is 4.90 Å². The number of fused-ring (bicyclic) bond motifs is 2. The molecule has 126 valence electrons. The molecule has 0 fully saturated rings. The second-order valence-electron chi connectivity index (χ2n) is 6.54. The number of hydrogen-bond donors (Lipinski definition) is 0. The number of aryl methyl sites for hydroxylation is 1. The summed E-state index contributed by atoms with van der Waals surface area (Å²) in [6.45, 7) is 0.490. The van der Waals surface area contributed by atoms with Crippen molar-refractivity contribution < 1.29 is 4.79 Å². The highest BCUT2D eigenvalue weighted by molar-refractivity contribution is 6.31. The Balaban J connectivity index is 1.76. The van der Waals surface area contributed by atoms with E-state index >= 15 is 0 Å². The molecular formula is C21H19ClN2O. The van der Waals surface area contributed by atoms with Crippen LogP contribution in [0.2, 0.25) is 5.02 Å². The molecule has 0 atom stereocenters. The van der Waals surface area contributed by atoms with Gasteiger partial charge in [-0.3, -0.25) is 9.78 Å². The van der Waals surface area contributed by atoms with Gasteiger partial charge in [0.2, 0.25) is 0 Å². The molecule has 0 N–H and O–H groups in total. The highest BCUT2D eigenvalue weighted by Crippen LogP contribution is 2.31. The summed E-state index contributed by atoms with van der Waals surface area (Å²) >= 11 is 6.26. The van der Waals surface area contributed by atoms with Crippen LogP contribution in [0.1, 0.15) is 33.6 Å². The molecule has 0 saturated heterocycles. The molecule has 1 aliphatic carbocycles. The van der Waals surface area contributed by atoms with Crippen LogP contribution in [0.3, 0.4) is 0 Å². The lowest BCUT2D eigenvalue weighted by Gasteiger charge is -2.21. The van der Waals surface area contributed by atoms with E-state index in [0.29, 0.717) is 11.6 Å². The maximum atomic E-state index is 13.3. The molecule has 1 heterocycles. The highest BCUT2D eigenvalue weighted by atomic mass is 35.5. The lowest BCUT2D eigenvalue weighted by atomic mass is 10.00. The first kappa shape index (κ1) is 16.1. The van der Waals surface area contributed by atoms with Crippen molar-refractivity contribution in [3.63, 3.8) is 0 Å². The fraction of sp³-hybridized carbons (Fsp3) is 0.238. The van der Waals surface area contributed by atoms with Crippen molar-refractivity contribution in [3.05, 3.63) is 75.9 Å². The van der Waals surface area contributed by atoms with E-state index in [2.05, 4.69) is 0 Å². The number of halogens is 1. The Morgan fingerprint density at radius 2 is 1.88 bits per heavy atom. The molecule has 1 aliphatic rings. The summed E-state index contributed by atoms with van der Waals surface area (Å²) in [6, 6.07) is 15.6. The number of para-hydroxylation sites is 1. The molecule has 3 nitrogen and oxygen atoms in total. The number of aromatic nitrogens is 1. The Morgan fingerprint density at radius 1 is 1.12 bits per heavy atom. The molecule has 4 rings (SSSR count). The third kappa shape index (κ3) is 2.89. The normalized spacial score (nSPS) is 13.0. The second kappa shape index (κ2) is 6.49. The average molecular weight is 351 g/mol. The summed E-state index contributed by atoms with van der Waals surface area (Å²) in [7, 11) is 1.84. The molecule has 1 amide bonds. The van der Waals surface area contributed by atoms with Crippen LogP contribution < -0.4 is 0 Å². The van der Waals surface area contributed by atoms with E-state index in [1.165, 1.54) is 0 Å². The minimum Gasteiger partial charge on any atom is -0.337 e. The summed E-state index contributed by atoms with van der Waals surface area (Å²) in [5, 5.41) is 1.63. The van der Waals surface area contributed by atoms with Crippen LogP contribution in [0.5, 0.6) is 0 Å². The van der Waals surface area contributed by atoms with E-state index in [9.17, 15) is 4.79 Å². The third-order valence-corrected chi connectivity index (χ3v) is 5.21. The summed E-state index contributed by atoms with van der Waals surface area (Å²) in [5.41, 5.74) is 4.86. The van der Waals surface area contributed by atoms with Crippen molar-refractivity contribution in [1.29, 1.82) is 0 Å². The number of nitrogens with zero attached hydrogens (tertiary/aromatic N) is 2. The van der Waals surface area contributed by atoms with Crippen molar-refractivity contribution in [1.82, 2.24) is 9.88 Å². The zero-order valence-electron chi connectivity index (χ0n) is 14.1. The molecule has 0 radical (unpaired) electrons. The van der Waals surface area contributed by atoms with Gasteiger partial charge in [0.15, 0.2) is 0 Å². The van der Waals surface area contributed by atoms with Crippen LogP contribution in [-0.4, -0.2) is 22.8 Å². The smallest absolute Gasteiger partial charge is 0.254 e. The molecular weight excluding hydrogens is 332 g/mol. The van der Waals surface area contributed by atoms with Crippen molar-refractivity contribution in [2.24, 2.45) is 0 Å². The number of carbonyl (C=O) groups excluding carboxylic acids is 1. The Kier molecular flexibility index (Phi) is 4.18. The lowest BCUT2D eigenvalue weighted by molar-refractivity contribution is 0.0786. The molecule has 1 aromatic heterocycles. The molecule has 0 aliphatic heterocycles. The van der Waals surface area contributed by atoms with Gasteiger partial charge in [-0.05, 0) is 42.5 Å². The van der Waals surface area contributed by atoms with Gasteiger partial charge in [0.25, 0.3) is 5.91 Å². The molecule has 0 saturated carbocycles. The van der Waals surface area contributed by atoms with Crippen molar-refractivity contribution in [2.75, 3.05) is 7.05 Å². The Morgan fingerprint density at radius 3 is 2.72 bits per heavy atom. The van der Waals surface area contributed by atoms with Gasteiger partial charge in [0.05, 0.1) is 11.1 Å². The van der Waals surface area contributed by atoms with Crippen molar-refractivity contribution in [3.8, 4) is 0 Å². The topological polar surface area (TPSA) is 33.2 Å². The summed E-state index contributed by atoms with van der Waals surface area (Å²) in [6.07, 6.45) is 2.94. The van der Waals surface area contributed by atoms with Crippen LogP contribution in [-0.2, 0) is 19.4 Å². The fourth-order valence-electron chi connectivity index (χ4n) is 3.60. The van der Waals surface area contributed by atoms with Gasteiger partial charge in [-0.25, -0.2) is 0 Å². The SMILES string of the molecule is CN(Cc1ccccc1Cl)C(=O)c1c2c(nc3ccccc13)CCC2. The Labute approximate surface area is 152 Å². The van der Waals surface area contributed by atoms with Gasteiger partial charge in [-0.15, -0.1) is 0 Å². The van der Waals surface area contributed by atoms with E-state index in [-0.39, 0.29) is 5.91 Å². The van der Waals surface area contributed by atoms with Gasteiger partial charge in [0.1, 0.15) is 0 Å². The van der Waals surface area contributed by atoms with Crippen LogP contribution in [0.4, 0.5) is 0 Å². The highest BCUT2D eigenvalue weighted by Gasteiger charge is 2.25. The molecule has 0 unspecified atom stereocenters. The molecule has 0 spiro atoms. The monoisotopic (exact) mass is 350 g/mol. The predicted molar refractivity (Wildman–Crippen MR) is 101 cm³/mol. The lowest BCUT2D eigenvalue weighted by Crippen LogP contribution is -2.27. The fourth-order valence-corrected chi connectivity index (χ4v) is 3.80. The summed E-state index contributed by atoms with van der Waals surface area (Å²) in [5.74, 6) is 0.0386. The number of benzene rings is 2. The second-order valence-corrected chi connectivity index (χ2v) is 6.94. The first-order valence-corrected chi connectivity index (χ1v) is 8.92. The van der Waals surface area contributed by atoms with Crippen LogP contribution in [0.25, 0.3) is 10.9 Å². The summed E-state index contributed by atoms with van der Waals surface area (Å²) in [4.78, 5) is 19.8. The quantitative estimate of drug-likeness (QED) is 0.689. The number of pyridine rings is 1. The Hall–Kier alpha value is -2.39. The first-order chi connectivity index (χ1) is 12.1. The van der Waals surface area contributed by atoms with Gasteiger partial charge < -0.3 is 4.90 Å². The van der Waals surface area contributed by atoms with E-state index < -0.39 is 0 Å². The van der Waals surface area contributed by atoms with E-state index in [0.717, 1.165) is 52.5 Å². The molecule has 3 aromatic rings. The van der Waals surface area contributed by atoms with Gasteiger partial charge in [-0.1, -0.05) is 48.0 Å². The van der Waals surface area contributed by atoms with Gasteiger partial charge >= 0.3 is 0 Å². The largest absolute Gasteiger partial charge is 0.337 e. The molecule has 0 bridgehead atoms. The van der Waals surface area contributed by atoms with Crippen LogP contribution in [0.15, 0.2) is 48.5 Å². The number of amides is 1. The van der Waals surface area contributed by atoms with Crippen molar-refractivity contribution >= 4 is 28.4 Å². The van der Waals surface area contributed by atoms with Crippen LogP contribution >= 0.6 is 11.6 Å². The van der Waals surface area contributed by atoms with Crippen molar-refractivity contribution in [2.45, 2.75) is 25.8 Å². The summed E-state index contributed by atoms with van der Waals surface area (Å²) < 4.78 is 0. The average Bonchev–Trinajstić information content (AvgIpc) is 3.09.